The number of likely N-dealkylation sites (N-methyl/N-ethyl adjacent to an activating group) is 1. The predicted octanol–water partition coefficient (Wildman–Crippen LogP) is 3.61. The molecule has 1 fully saturated rings. The monoisotopic (exact) mass is 421 g/mol. The highest BCUT2D eigenvalue weighted by Gasteiger charge is 2.29. The number of hydrogen-bond acceptors (Lipinski definition) is 6. The lowest BCUT2D eigenvalue weighted by molar-refractivity contribution is -0.117. The number of benzene rings is 1. The maximum absolute atomic E-state index is 12.2. The van der Waals surface area contributed by atoms with Crippen LogP contribution in [-0.4, -0.2) is 37.2 Å². The molecule has 0 radical (unpaired) electrons. The number of carbonyl (C=O) groups excluding carboxylic acids is 1. The van der Waals surface area contributed by atoms with Crippen molar-refractivity contribution in [3.63, 3.8) is 0 Å². The van der Waals surface area contributed by atoms with E-state index in [1.807, 2.05) is 49.2 Å². The van der Waals surface area contributed by atoms with Gasteiger partial charge in [0.15, 0.2) is 0 Å². The summed E-state index contributed by atoms with van der Waals surface area (Å²) in [5.41, 5.74) is 7.78. The number of hydrogen-bond donors (Lipinski definition) is 1. The van der Waals surface area contributed by atoms with E-state index in [0.29, 0.717) is 47.3 Å². The molecule has 7 nitrogen and oxygen atoms in total. The average Bonchev–Trinajstić information content (AvgIpc) is 3.31. The summed E-state index contributed by atoms with van der Waals surface area (Å²) in [4.78, 5) is 22.6. The Bertz CT molecular complexity index is 1010. The van der Waals surface area contributed by atoms with Crippen molar-refractivity contribution in [3.8, 4) is 6.07 Å². The molecule has 1 aromatic carbocycles. The van der Waals surface area contributed by atoms with E-state index in [9.17, 15) is 10.1 Å². The van der Waals surface area contributed by atoms with Gasteiger partial charge in [-0.2, -0.15) is 5.26 Å². The number of carbonyl (C=O) groups is 1. The van der Waals surface area contributed by atoms with Crippen LogP contribution in [0.25, 0.3) is 4.85 Å². The summed E-state index contributed by atoms with van der Waals surface area (Å²) in [6, 6.07) is 11.5. The number of ether oxygens (including phenoxy) is 1. The van der Waals surface area contributed by atoms with Gasteiger partial charge >= 0.3 is 0 Å². The molecule has 1 aromatic heterocycles. The number of nitrogens with zero attached hydrogens (tertiary/aromatic N) is 4. The number of nitrogens with two attached hydrogens (primary N) is 1. The molecule has 30 heavy (non-hydrogen) atoms. The Morgan fingerprint density at radius 2 is 2.23 bits per heavy atom. The maximum atomic E-state index is 12.2. The van der Waals surface area contributed by atoms with Crippen molar-refractivity contribution in [3.05, 3.63) is 58.4 Å². The SMILES string of the molecule is [C-]#[N+]c1c(N(C)[C@@H]2CCOC2)nc(S[C@H](C(N)=O)c2ccccc2)c(C#N)c1CC. The molecule has 8 heteroatoms. The zero-order valence-corrected chi connectivity index (χ0v) is 17.8. The first-order chi connectivity index (χ1) is 14.5. The van der Waals surface area contributed by atoms with Gasteiger partial charge < -0.3 is 15.4 Å². The van der Waals surface area contributed by atoms with Gasteiger partial charge in [0.25, 0.3) is 0 Å². The van der Waals surface area contributed by atoms with E-state index < -0.39 is 11.2 Å². The zero-order valence-electron chi connectivity index (χ0n) is 17.0. The van der Waals surface area contributed by atoms with Gasteiger partial charge in [-0.3, -0.25) is 4.79 Å². The number of pyridine rings is 1. The second-order valence-electron chi connectivity index (χ2n) is 6.96. The van der Waals surface area contributed by atoms with E-state index in [1.165, 1.54) is 0 Å². The Labute approximate surface area is 180 Å². The third-order valence-electron chi connectivity index (χ3n) is 5.18. The molecule has 2 aromatic rings. The Kier molecular flexibility index (Phi) is 6.94. The molecule has 1 saturated heterocycles. The van der Waals surface area contributed by atoms with E-state index in [2.05, 4.69) is 10.9 Å². The lowest BCUT2D eigenvalue weighted by Crippen LogP contribution is -2.33. The first kappa shape index (κ1) is 21.6. The summed E-state index contributed by atoms with van der Waals surface area (Å²) >= 11 is 1.15. The van der Waals surface area contributed by atoms with Crippen LogP contribution in [0.4, 0.5) is 11.5 Å². The van der Waals surface area contributed by atoms with Crippen LogP contribution in [0.5, 0.6) is 0 Å². The van der Waals surface area contributed by atoms with Crippen molar-refractivity contribution in [2.45, 2.75) is 36.1 Å². The lowest BCUT2D eigenvalue weighted by atomic mass is 10.1. The second kappa shape index (κ2) is 9.62. The highest BCUT2D eigenvalue weighted by molar-refractivity contribution is 8.00. The average molecular weight is 422 g/mol. The standard InChI is InChI=1S/C22H23N5O2S/c1-4-16-17(12-23)22(30-19(20(24)28)14-8-6-5-7-9-14)26-21(18(16)25-2)27(3)15-10-11-29-13-15/h5-9,15,19H,4,10-11,13H2,1,3H3,(H2,24,28)/t15-,19+/m1/s1. The molecule has 154 valence electrons. The summed E-state index contributed by atoms with van der Waals surface area (Å²) in [7, 11) is 1.89. The number of rotatable bonds is 7. The minimum atomic E-state index is -0.692. The van der Waals surface area contributed by atoms with Crippen LogP contribution < -0.4 is 10.6 Å². The number of aromatic nitrogens is 1. The summed E-state index contributed by atoms with van der Waals surface area (Å²) in [6.07, 6.45) is 1.35. The van der Waals surface area contributed by atoms with Crippen molar-refractivity contribution < 1.29 is 9.53 Å². The van der Waals surface area contributed by atoms with Gasteiger partial charge in [-0.15, -0.1) is 0 Å². The van der Waals surface area contributed by atoms with Crippen LogP contribution >= 0.6 is 11.8 Å². The van der Waals surface area contributed by atoms with Crippen molar-refractivity contribution in [2.24, 2.45) is 5.73 Å². The van der Waals surface area contributed by atoms with Crippen molar-refractivity contribution in [1.82, 2.24) is 4.98 Å². The molecule has 0 bridgehead atoms. The number of nitriles is 1. The van der Waals surface area contributed by atoms with E-state index in [-0.39, 0.29) is 6.04 Å². The first-order valence-corrected chi connectivity index (χ1v) is 10.6. The molecule has 1 amide bonds. The molecule has 2 atom stereocenters. The summed E-state index contributed by atoms with van der Waals surface area (Å²) in [5.74, 6) is -0.00146. The summed E-state index contributed by atoms with van der Waals surface area (Å²) in [5, 5.41) is 9.58. The van der Waals surface area contributed by atoms with E-state index in [0.717, 1.165) is 23.7 Å². The van der Waals surface area contributed by atoms with Gasteiger partial charge in [0.05, 0.1) is 24.8 Å². The Hall–Kier alpha value is -3.07. The van der Waals surface area contributed by atoms with Crippen LogP contribution in [0.3, 0.4) is 0 Å². The molecule has 0 spiro atoms. The zero-order chi connectivity index (χ0) is 21.7. The number of anilines is 1. The molecule has 0 saturated carbocycles. The van der Waals surface area contributed by atoms with Crippen LogP contribution in [0, 0.1) is 17.9 Å². The highest BCUT2D eigenvalue weighted by Crippen LogP contribution is 2.42. The van der Waals surface area contributed by atoms with Crippen molar-refractivity contribution in [2.75, 3.05) is 25.2 Å². The third kappa shape index (κ3) is 4.25. The smallest absolute Gasteiger partial charge is 0.235 e. The van der Waals surface area contributed by atoms with Gasteiger partial charge in [-0.05, 0) is 24.0 Å². The van der Waals surface area contributed by atoms with Gasteiger partial charge in [-0.25, -0.2) is 9.83 Å². The number of thioether (sulfide) groups is 1. The van der Waals surface area contributed by atoms with Crippen LogP contribution in [0.15, 0.2) is 35.4 Å². The van der Waals surface area contributed by atoms with Crippen LogP contribution in [0.2, 0.25) is 0 Å². The minimum Gasteiger partial charge on any atom is -0.379 e. The number of primary amides is 1. The van der Waals surface area contributed by atoms with Gasteiger partial charge in [-0.1, -0.05) is 49.0 Å². The highest BCUT2D eigenvalue weighted by atomic mass is 32.2. The largest absolute Gasteiger partial charge is 0.379 e. The summed E-state index contributed by atoms with van der Waals surface area (Å²) in [6.45, 7) is 10.9. The predicted molar refractivity (Wildman–Crippen MR) is 116 cm³/mol. The van der Waals surface area contributed by atoms with Crippen molar-refractivity contribution in [1.29, 1.82) is 5.26 Å². The molecule has 0 unspecified atom stereocenters. The molecule has 2 heterocycles. The molecular formula is C22H23N5O2S. The first-order valence-electron chi connectivity index (χ1n) is 9.67. The minimum absolute atomic E-state index is 0.106. The fourth-order valence-electron chi connectivity index (χ4n) is 3.53. The van der Waals surface area contributed by atoms with Crippen LogP contribution in [0.1, 0.15) is 35.3 Å². The second-order valence-corrected chi connectivity index (χ2v) is 8.05. The van der Waals surface area contributed by atoms with E-state index in [4.69, 9.17) is 22.0 Å². The fourth-order valence-corrected chi connectivity index (χ4v) is 4.58. The maximum Gasteiger partial charge on any atom is 0.235 e. The van der Waals surface area contributed by atoms with Gasteiger partial charge in [0.1, 0.15) is 22.2 Å². The van der Waals surface area contributed by atoms with E-state index in [1.54, 1.807) is 0 Å². The lowest BCUT2D eigenvalue weighted by Gasteiger charge is -2.27. The van der Waals surface area contributed by atoms with E-state index >= 15 is 0 Å². The van der Waals surface area contributed by atoms with Crippen molar-refractivity contribution >= 4 is 29.2 Å². The topological polar surface area (TPSA) is 96.6 Å². The normalized spacial score (nSPS) is 16.5. The molecule has 1 aliphatic rings. The van der Waals surface area contributed by atoms with Gasteiger partial charge in [0, 0.05) is 13.7 Å². The third-order valence-corrected chi connectivity index (χ3v) is 6.43. The Morgan fingerprint density at radius 1 is 1.50 bits per heavy atom. The molecule has 3 rings (SSSR count). The fraction of sp³-hybridized carbons (Fsp3) is 0.364. The molecule has 1 aliphatic heterocycles. The Balaban J connectivity index is 2.13. The molecule has 0 aliphatic carbocycles. The summed E-state index contributed by atoms with van der Waals surface area (Å²) < 4.78 is 5.49. The van der Waals surface area contributed by atoms with Gasteiger partial charge in [0.2, 0.25) is 11.6 Å². The Morgan fingerprint density at radius 3 is 2.77 bits per heavy atom. The van der Waals surface area contributed by atoms with Crippen LogP contribution in [-0.2, 0) is 16.0 Å². The molecule has 2 N–H and O–H groups in total. The number of amides is 1. The molecular weight excluding hydrogens is 398 g/mol. The quantitative estimate of drug-likeness (QED) is 0.542.